The lowest BCUT2D eigenvalue weighted by molar-refractivity contribution is -0.884. The van der Waals surface area contributed by atoms with Crippen LogP contribution in [-0.2, 0) is 10.0 Å². The van der Waals surface area contributed by atoms with E-state index in [9.17, 15) is 18.5 Å². The molecule has 0 bridgehead atoms. The van der Waals surface area contributed by atoms with Gasteiger partial charge in [0, 0.05) is 6.07 Å². The van der Waals surface area contributed by atoms with E-state index in [0.29, 0.717) is 13.1 Å². The maximum absolute atomic E-state index is 12.2. The van der Waals surface area contributed by atoms with Gasteiger partial charge in [0.2, 0.25) is 0 Å². The Labute approximate surface area is 117 Å². The van der Waals surface area contributed by atoms with Gasteiger partial charge in [-0.3, -0.25) is 10.1 Å². The molecule has 0 atom stereocenters. The molecule has 0 radical (unpaired) electrons. The first-order valence-corrected chi connectivity index (χ1v) is 7.70. The fraction of sp³-hybridized carbons (Fsp3) is 0.455. The third-order valence-electron chi connectivity index (χ3n) is 3.22. The predicted octanol–water partition coefficient (Wildman–Crippen LogP) is -1.38. The van der Waals surface area contributed by atoms with E-state index in [1.54, 1.807) is 5.01 Å². The SMILES string of the molecule is C[NH+]1CCN(NS(=O)(=O)c2ccccc2[N+](=O)[O-])CC1. The molecule has 0 unspecified atom stereocenters. The number of piperazine rings is 1. The van der Waals surface area contributed by atoms with Gasteiger partial charge < -0.3 is 4.90 Å². The van der Waals surface area contributed by atoms with Gasteiger partial charge in [0.25, 0.3) is 15.7 Å². The van der Waals surface area contributed by atoms with Crippen LogP contribution in [0.25, 0.3) is 0 Å². The molecular formula is C11H17N4O4S+. The highest BCUT2D eigenvalue weighted by atomic mass is 32.2. The van der Waals surface area contributed by atoms with Crippen LogP contribution in [-0.4, -0.2) is 51.6 Å². The summed E-state index contributed by atoms with van der Waals surface area (Å²) in [4.78, 5) is 13.6. The maximum Gasteiger partial charge on any atom is 0.289 e. The number of nitro benzene ring substituents is 1. The van der Waals surface area contributed by atoms with E-state index < -0.39 is 20.6 Å². The number of likely N-dealkylation sites (N-methyl/N-ethyl adjacent to an activating group) is 1. The summed E-state index contributed by atoms with van der Waals surface area (Å²) < 4.78 is 24.5. The lowest BCUT2D eigenvalue weighted by atomic mass is 10.3. The van der Waals surface area contributed by atoms with E-state index >= 15 is 0 Å². The summed E-state index contributed by atoms with van der Waals surface area (Å²) in [6.07, 6.45) is 0. The van der Waals surface area contributed by atoms with Crippen LogP contribution in [0.2, 0.25) is 0 Å². The first kappa shape index (κ1) is 14.9. The molecule has 0 amide bonds. The third kappa shape index (κ3) is 3.31. The van der Waals surface area contributed by atoms with Crippen molar-refractivity contribution in [2.24, 2.45) is 0 Å². The van der Waals surface area contributed by atoms with Crippen molar-refractivity contribution in [3.05, 3.63) is 34.4 Å². The molecule has 0 saturated carbocycles. The van der Waals surface area contributed by atoms with Crippen LogP contribution >= 0.6 is 0 Å². The summed E-state index contributed by atoms with van der Waals surface area (Å²) in [7, 11) is -1.89. The number of hydrogen-bond acceptors (Lipinski definition) is 5. The number of hydrogen-bond donors (Lipinski definition) is 2. The molecule has 20 heavy (non-hydrogen) atoms. The van der Waals surface area contributed by atoms with Gasteiger partial charge in [-0.15, -0.1) is 4.83 Å². The molecular weight excluding hydrogens is 284 g/mol. The molecule has 0 aliphatic carbocycles. The number of para-hydroxylation sites is 1. The lowest BCUT2D eigenvalue weighted by Gasteiger charge is -2.29. The minimum absolute atomic E-state index is 0.309. The van der Waals surface area contributed by atoms with Gasteiger partial charge >= 0.3 is 0 Å². The van der Waals surface area contributed by atoms with Crippen LogP contribution in [0.15, 0.2) is 29.2 Å². The van der Waals surface area contributed by atoms with Crippen molar-refractivity contribution < 1.29 is 18.2 Å². The van der Waals surface area contributed by atoms with E-state index in [2.05, 4.69) is 4.83 Å². The van der Waals surface area contributed by atoms with E-state index in [1.165, 1.54) is 29.2 Å². The standard InChI is InChI=1S/C11H16N4O4S/c1-13-6-8-14(9-7-13)12-20(18,19)11-5-3-2-4-10(11)15(16)17/h2-5,12H,6-9H2,1H3/p+1. The summed E-state index contributed by atoms with van der Waals surface area (Å²) in [5, 5.41) is 12.5. The number of sulfonamides is 1. The molecule has 0 spiro atoms. The minimum atomic E-state index is -3.93. The molecule has 1 heterocycles. The second-order valence-electron chi connectivity index (χ2n) is 4.76. The number of benzene rings is 1. The van der Waals surface area contributed by atoms with E-state index in [1.807, 2.05) is 7.05 Å². The van der Waals surface area contributed by atoms with Crippen molar-refractivity contribution in [3.8, 4) is 0 Å². The summed E-state index contributed by atoms with van der Waals surface area (Å²) in [5.74, 6) is 0. The second-order valence-corrected chi connectivity index (χ2v) is 6.39. The van der Waals surface area contributed by atoms with Gasteiger partial charge in [0.05, 0.1) is 38.2 Å². The summed E-state index contributed by atoms with van der Waals surface area (Å²) in [5.41, 5.74) is -0.417. The average Bonchev–Trinajstić information content (AvgIpc) is 2.41. The molecule has 1 saturated heterocycles. The van der Waals surface area contributed by atoms with Crippen molar-refractivity contribution >= 4 is 15.7 Å². The Hall–Kier alpha value is -1.55. The predicted molar refractivity (Wildman–Crippen MR) is 71.6 cm³/mol. The summed E-state index contributed by atoms with van der Waals surface area (Å²) >= 11 is 0. The molecule has 110 valence electrons. The first-order chi connectivity index (χ1) is 9.40. The molecule has 2 rings (SSSR count). The zero-order valence-electron chi connectivity index (χ0n) is 11.1. The second kappa shape index (κ2) is 5.83. The summed E-state index contributed by atoms with van der Waals surface area (Å²) in [6, 6.07) is 5.33. The number of nitro groups is 1. The molecule has 1 aromatic rings. The van der Waals surface area contributed by atoms with Gasteiger partial charge in [-0.25, -0.2) is 13.4 Å². The normalized spacial score (nSPS) is 18.1. The molecule has 1 aromatic carbocycles. The molecule has 8 nitrogen and oxygen atoms in total. The number of hydrazine groups is 1. The molecule has 0 aromatic heterocycles. The highest BCUT2D eigenvalue weighted by Crippen LogP contribution is 2.22. The van der Waals surface area contributed by atoms with Gasteiger partial charge in [0.15, 0.2) is 4.90 Å². The van der Waals surface area contributed by atoms with Gasteiger partial charge in [-0.1, -0.05) is 12.1 Å². The highest BCUT2D eigenvalue weighted by molar-refractivity contribution is 7.89. The summed E-state index contributed by atoms with van der Waals surface area (Å²) in [6.45, 7) is 2.79. The Kier molecular flexibility index (Phi) is 4.33. The molecule has 1 aliphatic rings. The van der Waals surface area contributed by atoms with E-state index in [-0.39, 0.29) is 4.90 Å². The smallest absolute Gasteiger partial charge is 0.289 e. The fourth-order valence-corrected chi connectivity index (χ4v) is 3.33. The zero-order valence-corrected chi connectivity index (χ0v) is 11.9. The van der Waals surface area contributed by atoms with Crippen molar-refractivity contribution in [1.82, 2.24) is 9.84 Å². The van der Waals surface area contributed by atoms with Gasteiger partial charge in [-0.05, 0) is 6.07 Å². The quantitative estimate of drug-likeness (QED) is 0.528. The van der Waals surface area contributed by atoms with E-state index in [4.69, 9.17) is 0 Å². The third-order valence-corrected chi connectivity index (χ3v) is 4.64. The van der Waals surface area contributed by atoms with Crippen LogP contribution < -0.4 is 9.73 Å². The number of nitrogens with zero attached hydrogens (tertiary/aromatic N) is 2. The zero-order chi connectivity index (χ0) is 14.8. The Morgan fingerprint density at radius 2 is 1.90 bits per heavy atom. The minimum Gasteiger partial charge on any atom is -0.335 e. The van der Waals surface area contributed by atoms with Crippen LogP contribution in [0.5, 0.6) is 0 Å². The van der Waals surface area contributed by atoms with Crippen molar-refractivity contribution in [2.75, 3.05) is 33.2 Å². The maximum atomic E-state index is 12.2. The average molecular weight is 301 g/mol. The van der Waals surface area contributed by atoms with E-state index in [0.717, 1.165) is 13.1 Å². The molecule has 9 heteroatoms. The van der Waals surface area contributed by atoms with Crippen molar-refractivity contribution in [1.29, 1.82) is 0 Å². The Bertz CT molecular complexity index is 596. The Balaban J connectivity index is 2.21. The number of quaternary nitrogens is 1. The van der Waals surface area contributed by atoms with Crippen LogP contribution in [0, 0.1) is 10.1 Å². The largest absolute Gasteiger partial charge is 0.335 e. The van der Waals surface area contributed by atoms with Crippen LogP contribution in [0.1, 0.15) is 0 Å². The number of rotatable bonds is 4. The lowest BCUT2D eigenvalue weighted by Crippen LogP contribution is -3.12. The van der Waals surface area contributed by atoms with Crippen LogP contribution in [0.4, 0.5) is 5.69 Å². The fourth-order valence-electron chi connectivity index (χ4n) is 2.03. The molecule has 2 N–H and O–H groups in total. The van der Waals surface area contributed by atoms with Crippen LogP contribution in [0.3, 0.4) is 0 Å². The van der Waals surface area contributed by atoms with Gasteiger partial charge in [-0.2, -0.15) is 0 Å². The monoisotopic (exact) mass is 301 g/mol. The first-order valence-electron chi connectivity index (χ1n) is 6.22. The topological polar surface area (TPSA) is 97.0 Å². The highest BCUT2D eigenvalue weighted by Gasteiger charge is 2.28. The Morgan fingerprint density at radius 1 is 1.30 bits per heavy atom. The van der Waals surface area contributed by atoms with Crippen molar-refractivity contribution in [3.63, 3.8) is 0 Å². The molecule has 1 aliphatic heterocycles. The Morgan fingerprint density at radius 3 is 2.50 bits per heavy atom. The van der Waals surface area contributed by atoms with Gasteiger partial charge in [0.1, 0.15) is 0 Å². The van der Waals surface area contributed by atoms with Crippen molar-refractivity contribution in [2.45, 2.75) is 4.90 Å². The molecule has 1 fully saturated rings. The number of nitrogens with one attached hydrogen (secondary N) is 2.